The van der Waals surface area contributed by atoms with Crippen LogP contribution in [0.25, 0.3) is 21.9 Å². The Morgan fingerprint density at radius 3 is 2.48 bits per heavy atom. The Morgan fingerprint density at radius 2 is 1.78 bits per heavy atom. The number of aromatic nitrogens is 1. The lowest BCUT2D eigenvalue weighted by Crippen LogP contribution is -2.22. The number of hydrogen-bond acceptors (Lipinski definition) is 5. The first-order valence-corrected chi connectivity index (χ1v) is 8.61. The molecule has 0 radical (unpaired) electrons. The first kappa shape index (κ1) is 17.3. The molecular formula is C19H11BrFNO5. The highest BCUT2D eigenvalue weighted by atomic mass is 79.9. The molecule has 136 valence electrons. The number of fused-ring (bicyclic) bond motifs is 3. The minimum Gasteiger partial charge on any atom is -0.508 e. The van der Waals surface area contributed by atoms with Crippen molar-refractivity contribution < 1.29 is 19.0 Å². The molecule has 2 aromatic carbocycles. The highest BCUT2D eigenvalue weighted by Crippen LogP contribution is 2.33. The average Bonchev–Trinajstić information content (AvgIpc) is 2.64. The highest BCUT2D eigenvalue weighted by molar-refractivity contribution is 9.10. The fraction of sp³-hybridized carbons (Fsp3) is 0.0526. The van der Waals surface area contributed by atoms with Gasteiger partial charge in [-0.1, -0.05) is 12.1 Å². The number of rotatable bonds is 2. The van der Waals surface area contributed by atoms with Gasteiger partial charge in [0.25, 0.3) is 5.56 Å². The summed E-state index contributed by atoms with van der Waals surface area (Å²) in [6, 6.07) is 9.89. The highest BCUT2D eigenvalue weighted by Gasteiger charge is 2.20. The fourth-order valence-corrected chi connectivity index (χ4v) is 3.28. The minimum atomic E-state index is -0.847. The minimum absolute atomic E-state index is 0.0898. The molecule has 0 aliphatic rings. The Hall–Kier alpha value is -3.13. The van der Waals surface area contributed by atoms with Crippen molar-refractivity contribution in [3.63, 3.8) is 0 Å². The van der Waals surface area contributed by atoms with E-state index in [0.717, 1.165) is 0 Å². The summed E-state index contributed by atoms with van der Waals surface area (Å²) in [4.78, 5) is 25.0. The third kappa shape index (κ3) is 2.78. The van der Waals surface area contributed by atoms with Gasteiger partial charge in [-0.3, -0.25) is 4.79 Å². The Morgan fingerprint density at radius 1 is 1.07 bits per heavy atom. The third-order valence-electron chi connectivity index (χ3n) is 4.27. The third-order valence-corrected chi connectivity index (χ3v) is 4.97. The summed E-state index contributed by atoms with van der Waals surface area (Å²) < 4.78 is 19.5. The zero-order chi connectivity index (χ0) is 19.3. The second-order valence-corrected chi connectivity index (χ2v) is 6.77. The standard InChI is InChI=1S/C19H11BrFNO5/c20-15-16(24)14-17(27-19(15)26)12-7-11(23)5-6-13(12)22(18(14)25)8-9-1-3-10(21)4-2-9/h1-7,23-24H,8H2. The summed E-state index contributed by atoms with van der Waals surface area (Å²) in [5, 5.41) is 20.3. The Balaban J connectivity index is 2.14. The van der Waals surface area contributed by atoms with Gasteiger partial charge in [-0.2, -0.15) is 0 Å². The zero-order valence-corrected chi connectivity index (χ0v) is 15.2. The van der Waals surface area contributed by atoms with Crippen LogP contribution in [0.2, 0.25) is 0 Å². The second kappa shape index (κ2) is 6.24. The maximum Gasteiger partial charge on any atom is 0.354 e. The lowest BCUT2D eigenvalue weighted by molar-refractivity contribution is 0.461. The number of benzene rings is 2. The Kier molecular flexibility index (Phi) is 4.00. The van der Waals surface area contributed by atoms with Gasteiger partial charge < -0.3 is 19.2 Å². The van der Waals surface area contributed by atoms with E-state index in [1.807, 2.05) is 0 Å². The molecule has 4 aromatic rings. The van der Waals surface area contributed by atoms with E-state index in [-0.39, 0.29) is 33.1 Å². The van der Waals surface area contributed by atoms with E-state index < -0.39 is 22.8 Å². The van der Waals surface area contributed by atoms with E-state index >= 15 is 0 Å². The number of aromatic hydroxyl groups is 2. The SMILES string of the molecule is O=c1oc2c(c(O)c1Br)c(=O)n(Cc1ccc(F)cc1)c1ccc(O)cc21. The summed E-state index contributed by atoms with van der Waals surface area (Å²) in [5.41, 5.74) is -0.510. The average molecular weight is 432 g/mol. The van der Waals surface area contributed by atoms with Crippen LogP contribution in [0, 0.1) is 5.82 Å². The lowest BCUT2D eigenvalue weighted by Gasteiger charge is -2.13. The van der Waals surface area contributed by atoms with Crippen LogP contribution in [0.5, 0.6) is 11.5 Å². The smallest absolute Gasteiger partial charge is 0.354 e. The summed E-state index contributed by atoms with van der Waals surface area (Å²) in [7, 11) is 0. The van der Waals surface area contributed by atoms with Crippen molar-refractivity contribution in [2.45, 2.75) is 6.54 Å². The van der Waals surface area contributed by atoms with E-state index in [1.54, 1.807) is 12.1 Å². The van der Waals surface area contributed by atoms with Crippen LogP contribution in [-0.4, -0.2) is 14.8 Å². The summed E-state index contributed by atoms with van der Waals surface area (Å²) >= 11 is 2.92. The van der Waals surface area contributed by atoms with Gasteiger partial charge in [-0.15, -0.1) is 0 Å². The first-order valence-electron chi connectivity index (χ1n) is 7.82. The summed E-state index contributed by atoms with van der Waals surface area (Å²) in [5.74, 6) is -1.03. The number of hydrogen-bond donors (Lipinski definition) is 2. The van der Waals surface area contributed by atoms with Crippen molar-refractivity contribution >= 4 is 37.8 Å². The molecule has 6 nitrogen and oxygen atoms in total. The number of halogens is 2. The van der Waals surface area contributed by atoms with Crippen molar-refractivity contribution in [1.82, 2.24) is 4.57 Å². The van der Waals surface area contributed by atoms with E-state index in [4.69, 9.17) is 4.42 Å². The molecule has 0 aliphatic carbocycles. The quantitative estimate of drug-likeness (QED) is 0.474. The Bertz CT molecular complexity index is 1320. The van der Waals surface area contributed by atoms with Gasteiger partial charge in [0.1, 0.15) is 21.4 Å². The summed E-state index contributed by atoms with van der Waals surface area (Å²) in [6.45, 7) is 0.0898. The molecule has 0 saturated carbocycles. The molecule has 0 bridgehead atoms. The number of pyridine rings is 1. The molecule has 8 heteroatoms. The van der Waals surface area contributed by atoms with Crippen molar-refractivity contribution in [3.8, 4) is 11.5 Å². The van der Waals surface area contributed by atoms with Crippen LogP contribution in [0.15, 0.2) is 60.9 Å². The number of phenols is 1. The van der Waals surface area contributed by atoms with Crippen LogP contribution in [0.4, 0.5) is 4.39 Å². The van der Waals surface area contributed by atoms with Gasteiger partial charge >= 0.3 is 5.63 Å². The predicted molar refractivity (Wildman–Crippen MR) is 101 cm³/mol. The van der Waals surface area contributed by atoms with E-state index in [9.17, 15) is 24.2 Å². The molecule has 2 N–H and O–H groups in total. The van der Waals surface area contributed by atoms with Crippen LogP contribution in [0.3, 0.4) is 0 Å². The molecule has 0 fully saturated rings. The molecule has 2 aromatic heterocycles. The number of phenolic OH excluding ortho intramolecular Hbond substituents is 1. The van der Waals surface area contributed by atoms with Crippen LogP contribution < -0.4 is 11.2 Å². The summed E-state index contributed by atoms with van der Waals surface area (Å²) in [6.07, 6.45) is 0. The fourth-order valence-electron chi connectivity index (χ4n) is 3.01. The van der Waals surface area contributed by atoms with Gasteiger partial charge in [0, 0.05) is 5.39 Å². The molecule has 0 amide bonds. The molecule has 0 aliphatic heterocycles. The molecule has 2 heterocycles. The molecular weight excluding hydrogens is 421 g/mol. The molecule has 4 rings (SSSR count). The van der Waals surface area contributed by atoms with Crippen molar-refractivity contribution in [2.24, 2.45) is 0 Å². The molecule has 0 atom stereocenters. The van der Waals surface area contributed by atoms with Gasteiger partial charge in [-0.25, -0.2) is 9.18 Å². The van der Waals surface area contributed by atoms with Crippen LogP contribution in [-0.2, 0) is 6.54 Å². The largest absolute Gasteiger partial charge is 0.508 e. The van der Waals surface area contributed by atoms with Crippen molar-refractivity contribution in [3.05, 3.63) is 79.1 Å². The normalized spacial score (nSPS) is 11.3. The molecule has 0 unspecified atom stereocenters. The maximum absolute atomic E-state index is 13.2. The van der Waals surface area contributed by atoms with Crippen LogP contribution in [0.1, 0.15) is 5.56 Å². The van der Waals surface area contributed by atoms with E-state index in [0.29, 0.717) is 11.1 Å². The second-order valence-electron chi connectivity index (χ2n) is 5.98. The van der Waals surface area contributed by atoms with E-state index in [2.05, 4.69) is 15.9 Å². The van der Waals surface area contributed by atoms with Crippen LogP contribution >= 0.6 is 15.9 Å². The Labute approximate surface area is 158 Å². The van der Waals surface area contributed by atoms with Gasteiger partial charge in [0.2, 0.25) is 0 Å². The lowest BCUT2D eigenvalue weighted by atomic mass is 10.1. The topological polar surface area (TPSA) is 92.7 Å². The monoisotopic (exact) mass is 431 g/mol. The van der Waals surface area contributed by atoms with Gasteiger partial charge in [0.05, 0.1) is 12.1 Å². The first-order chi connectivity index (χ1) is 12.9. The van der Waals surface area contributed by atoms with Gasteiger partial charge in [0.15, 0.2) is 11.3 Å². The van der Waals surface area contributed by atoms with E-state index in [1.165, 1.54) is 34.9 Å². The number of nitrogens with zero attached hydrogens (tertiary/aromatic N) is 1. The zero-order valence-electron chi connectivity index (χ0n) is 13.6. The maximum atomic E-state index is 13.2. The molecule has 0 saturated heterocycles. The van der Waals surface area contributed by atoms with Gasteiger partial charge in [-0.05, 0) is 51.8 Å². The molecule has 0 spiro atoms. The molecule has 27 heavy (non-hydrogen) atoms. The van der Waals surface area contributed by atoms with Crippen molar-refractivity contribution in [2.75, 3.05) is 0 Å². The van der Waals surface area contributed by atoms with Crippen molar-refractivity contribution in [1.29, 1.82) is 0 Å². The predicted octanol–water partition coefficient (Wildman–Crippen LogP) is 3.47.